The van der Waals surface area contributed by atoms with Gasteiger partial charge in [0.1, 0.15) is 16.5 Å². The molecule has 1 aromatic carbocycles. The van der Waals surface area contributed by atoms with Gasteiger partial charge in [0.25, 0.3) is 0 Å². The molecule has 0 bridgehead atoms. The molecule has 1 heterocycles. The van der Waals surface area contributed by atoms with Gasteiger partial charge in [0.05, 0.1) is 12.3 Å². The van der Waals surface area contributed by atoms with Gasteiger partial charge in [-0.3, -0.25) is 0 Å². The van der Waals surface area contributed by atoms with Crippen molar-refractivity contribution in [3.8, 4) is 11.5 Å². The number of carbonyl (C=O) groups is 1. The second kappa shape index (κ2) is 5.79. The summed E-state index contributed by atoms with van der Waals surface area (Å²) in [4.78, 5) is 15.6. The molecule has 2 N–H and O–H groups in total. The number of carbonyl (C=O) groups excluding carboxylic acids is 1. The zero-order valence-electron chi connectivity index (χ0n) is 10.3. The Hall–Kier alpha value is -1.95. The van der Waals surface area contributed by atoms with Crippen LogP contribution in [0.25, 0.3) is 0 Å². The van der Waals surface area contributed by atoms with Gasteiger partial charge in [-0.25, -0.2) is 9.79 Å². The van der Waals surface area contributed by atoms with Gasteiger partial charge in [-0.15, -0.1) is 0 Å². The van der Waals surface area contributed by atoms with Crippen molar-refractivity contribution in [1.29, 1.82) is 0 Å². The number of hydrogen-bond donors (Lipinski definition) is 2. The number of phenols is 2. The maximum atomic E-state index is 11.3. The summed E-state index contributed by atoms with van der Waals surface area (Å²) in [5, 5.41) is 19.6. The van der Waals surface area contributed by atoms with Crippen LogP contribution in [0, 0.1) is 0 Å². The summed E-state index contributed by atoms with van der Waals surface area (Å²) in [6.45, 7) is 2.06. The molecular weight excluding hydrogens is 266 g/mol. The first kappa shape index (κ1) is 13.5. The van der Waals surface area contributed by atoms with Gasteiger partial charge in [-0.1, -0.05) is 11.8 Å². The second-order valence-electron chi connectivity index (χ2n) is 3.79. The van der Waals surface area contributed by atoms with Crippen LogP contribution in [0.3, 0.4) is 0 Å². The topological polar surface area (TPSA) is 79.1 Å². The molecule has 0 fully saturated rings. The molecule has 19 heavy (non-hydrogen) atoms. The van der Waals surface area contributed by atoms with Crippen LogP contribution >= 0.6 is 11.8 Å². The predicted octanol–water partition coefficient (Wildman–Crippen LogP) is 2.04. The van der Waals surface area contributed by atoms with Crippen LogP contribution in [0.2, 0.25) is 0 Å². The molecule has 0 saturated heterocycles. The van der Waals surface area contributed by atoms with Crippen molar-refractivity contribution in [2.45, 2.75) is 6.92 Å². The number of benzene rings is 1. The number of rotatable bonds is 3. The van der Waals surface area contributed by atoms with Crippen molar-refractivity contribution in [3.05, 3.63) is 35.5 Å². The SMILES string of the molecule is CCOC(=O)/C=C1/CSC(c2ccc(O)cc2O)=N1. The molecule has 2 rings (SSSR count). The highest BCUT2D eigenvalue weighted by molar-refractivity contribution is 8.14. The summed E-state index contributed by atoms with van der Waals surface area (Å²) in [5.74, 6) is 0.0860. The van der Waals surface area contributed by atoms with Crippen molar-refractivity contribution < 1.29 is 19.7 Å². The minimum atomic E-state index is -0.418. The molecule has 0 spiro atoms. The molecule has 0 atom stereocenters. The third-order valence-corrected chi connectivity index (χ3v) is 3.41. The number of ether oxygens (including phenoxy) is 1. The van der Waals surface area contributed by atoms with Crippen LogP contribution in [0.4, 0.5) is 0 Å². The monoisotopic (exact) mass is 279 g/mol. The number of aromatic hydroxyl groups is 2. The lowest BCUT2D eigenvalue weighted by molar-refractivity contribution is -0.137. The number of thioether (sulfide) groups is 1. The van der Waals surface area contributed by atoms with E-state index in [-0.39, 0.29) is 11.5 Å². The molecule has 0 amide bonds. The predicted molar refractivity (Wildman–Crippen MR) is 73.5 cm³/mol. The Bertz CT molecular complexity index is 566. The third kappa shape index (κ3) is 3.29. The summed E-state index contributed by atoms with van der Waals surface area (Å²) in [6, 6.07) is 4.32. The lowest BCUT2D eigenvalue weighted by Gasteiger charge is -2.02. The molecule has 0 unspecified atom stereocenters. The van der Waals surface area contributed by atoms with Gasteiger partial charge in [0.2, 0.25) is 0 Å². The summed E-state index contributed by atoms with van der Waals surface area (Å²) in [6.07, 6.45) is 1.35. The number of nitrogens with zero attached hydrogens (tertiary/aromatic N) is 1. The Labute approximate surface area is 114 Å². The summed E-state index contributed by atoms with van der Waals surface area (Å²) in [5.41, 5.74) is 1.14. The molecule has 5 nitrogen and oxygen atoms in total. The molecule has 0 aromatic heterocycles. The highest BCUT2D eigenvalue weighted by Gasteiger charge is 2.18. The van der Waals surface area contributed by atoms with E-state index in [1.54, 1.807) is 13.0 Å². The summed E-state index contributed by atoms with van der Waals surface area (Å²) < 4.78 is 4.81. The smallest absolute Gasteiger partial charge is 0.332 e. The molecule has 0 saturated carbocycles. The Balaban J connectivity index is 2.21. The third-order valence-electron chi connectivity index (χ3n) is 2.38. The Kier molecular flexibility index (Phi) is 4.11. The largest absolute Gasteiger partial charge is 0.508 e. The molecule has 1 aromatic rings. The highest BCUT2D eigenvalue weighted by atomic mass is 32.2. The van der Waals surface area contributed by atoms with E-state index in [0.717, 1.165) is 0 Å². The minimum Gasteiger partial charge on any atom is -0.508 e. The highest BCUT2D eigenvalue weighted by Crippen LogP contribution is 2.32. The zero-order valence-corrected chi connectivity index (χ0v) is 11.1. The van der Waals surface area contributed by atoms with Gasteiger partial charge in [-0.05, 0) is 19.1 Å². The quantitative estimate of drug-likeness (QED) is 0.654. The van der Waals surface area contributed by atoms with Crippen molar-refractivity contribution in [2.75, 3.05) is 12.4 Å². The van der Waals surface area contributed by atoms with Gasteiger partial charge >= 0.3 is 5.97 Å². The Morgan fingerprint density at radius 2 is 2.32 bits per heavy atom. The molecule has 100 valence electrons. The maximum Gasteiger partial charge on any atom is 0.332 e. The number of esters is 1. The van der Waals surface area contributed by atoms with Crippen molar-refractivity contribution in [1.82, 2.24) is 0 Å². The van der Waals surface area contributed by atoms with Crippen molar-refractivity contribution in [3.63, 3.8) is 0 Å². The zero-order chi connectivity index (χ0) is 13.8. The maximum absolute atomic E-state index is 11.3. The standard InChI is InChI=1S/C13H13NO4S/c1-2-18-12(17)5-8-7-19-13(14-8)10-4-3-9(15)6-11(10)16/h3-6,15-16H,2,7H2,1H3/b8-5-. The molecule has 0 radical (unpaired) electrons. The van der Waals surface area contributed by atoms with Crippen LogP contribution in [-0.2, 0) is 9.53 Å². The van der Waals surface area contributed by atoms with Gasteiger partial charge < -0.3 is 14.9 Å². The first-order chi connectivity index (χ1) is 9.10. The van der Waals surface area contributed by atoms with Gasteiger partial charge in [0, 0.05) is 23.5 Å². The van der Waals surface area contributed by atoms with Gasteiger partial charge in [-0.2, -0.15) is 0 Å². The van der Waals surface area contributed by atoms with Crippen LogP contribution < -0.4 is 0 Å². The van der Waals surface area contributed by atoms with E-state index in [9.17, 15) is 15.0 Å². The molecule has 1 aliphatic rings. The molecule has 1 aliphatic heterocycles. The van der Waals surface area contributed by atoms with Crippen LogP contribution in [0.1, 0.15) is 12.5 Å². The van der Waals surface area contributed by atoms with E-state index in [2.05, 4.69) is 4.99 Å². The summed E-state index contributed by atoms with van der Waals surface area (Å²) >= 11 is 1.42. The average molecular weight is 279 g/mol. The Morgan fingerprint density at radius 3 is 3.00 bits per heavy atom. The molecular formula is C13H13NO4S. The number of hydrogen-bond acceptors (Lipinski definition) is 6. The first-order valence-electron chi connectivity index (χ1n) is 5.71. The number of phenolic OH excluding ortho intramolecular Hbond substituents is 2. The van der Waals surface area contributed by atoms with Crippen LogP contribution in [0.5, 0.6) is 11.5 Å². The van der Waals surface area contributed by atoms with E-state index >= 15 is 0 Å². The fourth-order valence-corrected chi connectivity index (χ4v) is 2.51. The van der Waals surface area contributed by atoms with Crippen LogP contribution in [0.15, 0.2) is 35.0 Å². The average Bonchev–Trinajstić information content (AvgIpc) is 2.77. The lowest BCUT2D eigenvalue weighted by Crippen LogP contribution is -2.00. The first-order valence-corrected chi connectivity index (χ1v) is 6.70. The normalized spacial score (nSPS) is 16.5. The minimum absolute atomic E-state index is 0.00728. The van der Waals surface area contributed by atoms with E-state index < -0.39 is 5.97 Å². The van der Waals surface area contributed by atoms with E-state index in [0.29, 0.717) is 28.7 Å². The van der Waals surface area contributed by atoms with Crippen molar-refractivity contribution >= 4 is 22.8 Å². The Morgan fingerprint density at radius 1 is 1.53 bits per heavy atom. The fraction of sp³-hybridized carbons (Fsp3) is 0.231. The lowest BCUT2D eigenvalue weighted by atomic mass is 10.2. The van der Waals surface area contributed by atoms with E-state index in [4.69, 9.17) is 4.74 Å². The number of aliphatic imine (C=N–C) groups is 1. The summed E-state index contributed by atoms with van der Waals surface area (Å²) in [7, 11) is 0. The second-order valence-corrected chi connectivity index (χ2v) is 4.76. The van der Waals surface area contributed by atoms with E-state index in [1.807, 2.05) is 0 Å². The molecule has 0 aliphatic carbocycles. The molecule has 6 heteroatoms. The fourth-order valence-electron chi connectivity index (χ4n) is 1.57. The van der Waals surface area contributed by atoms with Crippen molar-refractivity contribution in [2.24, 2.45) is 4.99 Å². The van der Waals surface area contributed by atoms with Crippen LogP contribution in [-0.4, -0.2) is 33.6 Å². The van der Waals surface area contributed by atoms with Gasteiger partial charge in [0.15, 0.2) is 0 Å². The van der Waals surface area contributed by atoms with E-state index in [1.165, 1.54) is 30.0 Å².